The molecule has 6 heteroatoms. The summed E-state index contributed by atoms with van der Waals surface area (Å²) in [7, 11) is 0. The number of hydrogen-bond acceptors (Lipinski definition) is 2. The van der Waals surface area contributed by atoms with Crippen LogP contribution in [0.25, 0.3) is 0 Å². The quantitative estimate of drug-likeness (QED) is 0.601. The molecule has 17 heavy (non-hydrogen) atoms. The average molecular weight is 250 g/mol. The van der Waals surface area contributed by atoms with E-state index < -0.39 is 17.9 Å². The summed E-state index contributed by atoms with van der Waals surface area (Å²) in [6, 6.07) is 2.66. The number of ketones is 1. The van der Waals surface area contributed by atoms with Gasteiger partial charge in [-0.2, -0.15) is 0 Å². The van der Waals surface area contributed by atoms with Crippen molar-refractivity contribution in [3.8, 4) is 5.75 Å². The van der Waals surface area contributed by atoms with Crippen molar-refractivity contribution in [3.63, 3.8) is 0 Å². The molecule has 2 nitrogen and oxygen atoms in total. The minimum atomic E-state index is -4.95. The summed E-state index contributed by atoms with van der Waals surface area (Å²) in [5.41, 5.74) is 0.0406. The van der Waals surface area contributed by atoms with Crippen LogP contribution in [0.3, 0.4) is 0 Å². The Balaban J connectivity index is 2.90. The number of benzene rings is 1. The summed E-state index contributed by atoms with van der Waals surface area (Å²) in [6.45, 7) is 1.77. The van der Waals surface area contributed by atoms with Crippen LogP contribution in [0.1, 0.15) is 30.1 Å². The third-order valence-electron chi connectivity index (χ3n) is 1.96. The van der Waals surface area contributed by atoms with Gasteiger partial charge in [0.25, 0.3) is 0 Å². The third-order valence-corrected chi connectivity index (χ3v) is 1.96. The van der Waals surface area contributed by atoms with E-state index in [4.69, 9.17) is 0 Å². The molecule has 1 aromatic rings. The van der Waals surface area contributed by atoms with Crippen molar-refractivity contribution in [2.45, 2.75) is 26.1 Å². The van der Waals surface area contributed by atoms with Crippen LogP contribution in [0, 0.1) is 5.82 Å². The van der Waals surface area contributed by atoms with Crippen molar-refractivity contribution in [2.24, 2.45) is 0 Å². The Morgan fingerprint density at radius 1 is 1.35 bits per heavy atom. The van der Waals surface area contributed by atoms with Crippen LogP contribution in [-0.2, 0) is 0 Å². The van der Waals surface area contributed by atoms with Gasteiger partial charge in [-0.15, -0.1) is 13.2 Å². The van der Waals surface area contributed by atoms with Crippen LogP contribution < -0.4 is 4.74 Å². The van der Waals surface area contributed by atoms with Gasteiger partial charge in [0.1, 0.15) is 0 Å². The summed E-state index contributed by atoms with van der Waals surface area (Å²) >= 11 is 0. The normalized spacial score (nSPS) is 11.4. The Labute approximate surface area is 95.2 Å². The Hall–Kier alpha value is -1.59. The van der Waals surface area contributed by atoms with Crippen molar-refractivity contribution in [1.82, 2.24) is 0 Å². The van der Waals surface area contributed by atoms with E-state index in [1.165, 1.54) is 0 Å². The lowest BCUT2D eigenvalue weighted by Crippen LogP contribution is -2.18. The van der Waals surface area contributed by atoms with Gasteiger partial charge in [0.2, 0.25) is 0 Å². The number of hydrogen-bond donors (Lipinski definition) is 0. The minimum absolute atomic E-state index is 0.0406. The van der Waals surface area contributed by atoms with Crippen LogP contribution in [0.4, 0.5) is 17.6 Å². The average Bonchev–Trinajstić information content (AvgIpc) is 2.19. The van der Waals surface area contributed by atoms with E-state index in [0.29, 0.717) is 6.42 Å². The zero-order valence-corrected chi connectivity index (χ0v) is 8.97. The maximum atomic E-state index is 13.2. The van der Waals surface area contributed by atoms with Crippen molar-refractivity contribution < 1.29 is 27.1 Å². The number of rotatable bonds is 4. The maximum absolute atomic E-state index is 13.2. The van der Waals surface area contributed by atoms with E-state index in [1.807, 2.05) is 0 Å². The monoisotopic (exact) mass is 250 g/mol. The molecule has 0 aliphatic rings. The summed E-state index contributed by atoms with van der Waals surface area (Å²) in [5.74, 6) is -2.46. The van der Waals surface area contributed by atoms with Gasteiger partial charge in [-0.05, 0) is 24.6 Å². The molecule has 0 aliphatic heterocycles. The molecule has 0 saturated heterocycles. The highest BCUT2D eigenvalue weighted by Crippen LogP contribution is 2.26. The van der Waals surface area contributed by atoms with E-state index in [2.05, 4.69) is 4.74 Å². The van der Waals surface area contributed by atoms with E-state index in [9.17, 15) is 22.4 Å². The third kappa shape index (κ3) is 4.05. The van der Waals surface area contributed by atoms with Crippen LogP contribution in [0.5, 0.6) is 5.75 Å². The van der Waals surface area contributed by atoms with Crippen molar-refractivity contribution in [2.75, 3.05) is 0 Å². The van der Waals surface area contributed by atoms with E-state index >= 15 is 0 Å². The minimum Gasteiger partial charge on any atom is -0.403 e. The topological polar surface area (TPSA) is 26.3 Å². The molecule has 0 aromatic heterocycles. The summed E-state index contributed by atoms with van der Waals surface area (Å²) < 4.78 is 52.2. The van der Waals surface area contributed by atoms with E-state index in [-0.39, 0.29) is 17.8 Å². The van der Waals surface area contributed by atoms with E-state index in [1.54, 1.807) is 6.92 Å². The highest BCUT2D eigenvalue weighted by Gasteiger charge is 2.32. The SMILES string of the molecule is CCCC(=O)c1ccc(OC(F)(F)F)c(F)c1. The smallest absolute Gasteiger partial charge is 0.403 e. The molecule has 0 atom stereocenters. The Kier molecular flexibility index (Phi) is 4.09. The number of Topliss-reactive ketones (excluding diaryl/α,β-unsaturated/α-hetero) is 1. The number of carbonyl (C=O) groups excluding carboxylic acids is 1. The zero-order chi connectivity index (χ0) is 13.1. The lowest BCUT2D eigenvalue weighted by molar-refractivity contribution is -0.275. The second-order valence-electron chi connectivity index (χ2n) is 3.37. The van der Waals surface area contributed by atoms with Gasteiger partial charge < -0.3 is 4.74 Å². The molecule has 94 valence electrons. The molecule has 0 N–H and O–H groups in total. The Morgan fingerprint density at radius 2 is 2.00 bits per heavy atom. The predicted molar refractivity (Wildman–Crippen MR) is 52.3 cm³/mol. The molecule has 1 aromatic carbocycles. The largest absolute Gasteiger partial charge is 0.573 e. The molecule has 0 saturated carbocycles. The number of carbonyl (C=O) groups is 1. The lowest BCUT2D eigenvalue weighted by Gasteiger charge is -2.10. The summed E-state index contributed by atoms with van der Waals surface area (Å²) in [6.07, 6.45) is -4.14. The predicted octanol–water partition coefficient (Wildman–Crippen LogP) is 3.71. The molecule has 0 aliphatic carbocycles. The van der Waals surface area contributed by atoms with Crippen molar-refractivity contribution >= 4 is 5.78 Å². The molecule has 0 unspecified atom stereocenters. The fourth-order valence-electron chi connectivity index (χ4n) is 1.25. The van der Waals surface area contributed by atoms with Crippen molar-refractivity contribution in [1.29, 1.82) is 0 Å². The van der Waals surface area contributed by atoms with Gasteiger partial charge >= 0.3 is 6.36 Å². The van der Waals surface area contributed by atoms with Gasteiger partial charge in [-0.1, -0.05) is 6.92 Å². The van der Waals surface area contributed by atoms with Crippen LogP contribution in [0.2, 0.25) is 0 Å². The highest BCUT2D eigenvalue weighted by atomic mass is 19.4. The fraction of sp³-hybridized carbons (Fsp3) is 0.364. The van der Waals surface area contributed by atoms with Gasteiger partial charge in [-0.3, -0.25) is 4.79 Å². The summed E-state index contributed by atoms with van der Waals surface area (Å²) in [4.78, 5) is 11.4. The van der Waals surface area contributed by atoms with Crippen molar-refractivity contribution in [3.05, 3.63) is 29.6 Å². The lowest BCUT2D eigenvalue weighted by atomic mass is 10.1. The van der Waals surface area contributed by atoms with Gasteiger partial charge in [-0.25, -0.2) is 4.39 Å². The second-order valence-corrected chi connectivity index (χ2v) is 3.37. The number of halogens is 4. The van der Waals surface area contributed by atoms with E-state index in [0.717, 1.165) is 18.2 Å². The molecule has 0 spiro atoms. The fourth-order valence-corrected chi connectivity index (χ4v) is 1.25. The standard InChI is InChI=1S/C11H10F4O2/c1-2-3-9(16)7-4-5-10(8(12)6-7)17-11(13,14)15/h4-6H,2-3H2,1H3. The molecule has 0 amide bonds. The molecule has 0 radical (unpaired) electrons. The molecular formula is C11H10F4O2. The van der Waals surface area contributed by atoms with Gasteiger partial charge in [0.05, 0.1) is 0 Å². The van der Waals surface area contributed by atoms with Crippen LogP contribution in [-0.4, -0.2) is 12.1 Å². The van der Waals surface area contributed by atoms with Gasteiger partial charge in [0, 0.05) is 12.0 Å². The Bertz CT molecular complexity index is 412. The van der Waals surface area contributed by atoms with Gasteiger partial charge in [0.15, 0.2) is 17.3 Å². The number of ether oxygens (including phenoxy) is 1. The first kappa shape index (κ1) is 13.5. The molecule has 0 heterocycles. The van der Waals surface area contributed by atoms with Crippen LogP contribution >= 0.6 is 0 Å². The highest BCUT2D eigenvalue weighted by molar-refractivity contribution is 5.96. The molecule has 0 bridgehead atoms. The molecular weight excluding hydrogens is 240 g/mol. The summed E-state index contributed by atoms with van der Waals surface area (Å²) in [5, 5.41) is 0. The van der Waals surface area contributed by atoms with Crippen LogP contribution in [0.15, 0.2) is 18.2 Å². The number of alkyl halides is 3. The first-order valence-electron chi connectivity index (χ1n) is 4.92. The first-order chi connectivity index (χ1) is 7.83. The molecule has 1 rings (SSSR count). The molecule has 0 fully saturated rings. The second kappa shape index (κ2) is 5.16. The first-order valence-corrected chi connectivity index (χ1v) is 4.92. The maximum Gasteiger partial charge on any atom is 0.573 e. The Morgan fingerprint density at radius 3 is 2.47 bits per heavy atom. The zero-order valence-electron chi connectivity index (χ0n) is 8.97.